The summed E-state index contributed by atoms with van der Waals surface area (Å²) in [5.74, 6) is -0.254. The van der Waals surface area contributed by atoms with Gasteiger partial charge in [-0.05, 0) is 60.6 Å². The summed E-state index contributed by atoms with van der Waals surface area (Å²) < 4.78 is 29.0. The zero-order chi connectivity index (χ0) is 24.2. The van der Waals surface area contributed by atoms with E-state index >= 15 is 0 Å². The molecule has 1 unspecified atom stereocenters. The molecule has 0 bridgehead atoms. The third-order valence-corrected chi connectivity index (χ3v) is 7.31. The standard InChI is InChI=1S/C25H33N3O4S/c1-5-18-9-7-8-10-21(18)26-25(30)22(15-17(3)4)27-33(31,32)20-11-12-23-19(16-20)13-14-28(23)24(29)6-2/h7-12,16-17,22,27H,5-6,13-15H2,1-4H3,(H,26,30). The summed E-state index contributed by atoms with van der Waals surface area (Å²) in [6.45, 7) is 8.25. The van der Waals surface area contributed by atoms with Gasteiger partial charge in [0.2, 0.25) is 21.8 Å². The summed E-state index contributed by atoms with van der Waals surface area (Å²) in [6, 6.07) is 11.4. The van der Waals surface area contributed by atoms with Gasteiger partial charge in [0, 0.05) is 24.3 Å². The molecule has 1 heterocycles. The molecule has 1 aliphatic rings. The van der Waals surface area contributed by atoms with Gasteiger partial charge in [0.1, 0.15) is 6.04 Å². The number of nitrogens with zero attached hydrogens (tertiary/aromatic N) is 1. The fraction of sp³-hybridized carbons (Fsp3) is 0.440. The van der Waals surface area contributed by atoms with Crippen LogP contribution in [0.3, 0.4) is 0 Å². The Hall–Kier alpha value is -2.71. The van der Waals surface area contributed by atoms with E-state index in [4.69, 9.17) is 0 Å². The number of nitrogens with one attached hydrogen (secondary N) is 2. The summed E-state index contributed by atoms with van der Waals surface area (Å²) in [7, 11) is -3.94. The topological polar surface area (TPSA) is 95.6 Å². The molecule has 1 atom stereocenters. The van der Waals surface area contributed by atoms with E-state index in [1.807, 2.05) is 52.0 Å². The second-order valence-electron chi connectivity index (χ2n) is 8.74. The third-order valence-electron chi connectivity index (χ3n) is 5.84. The van der Waals surface area contributed by atoms with E-state index in [0.29, 0.717) is 31.5 Å². The van der Waals surface area contributed by atoms with Gasteiger partial charge in [0.05, 0.1) is 4.90 Å². The van der Waals surface area contributed by atoms with E-state index in [-0.39, 0.29) is 22.6 Å². The van der Waals surface area contributed by atoms with Crippen molar-refractivity contribution in [3.05, 3.63) is 53.6 Å². The molecule has 0 aromatic heterocycles. The number of rotatable bonds is 9. The highest BCUT2D eigenvalue weighted by molar-refractivity contribution is 7.89. The molecule has 2 aromatic carbocycles. The normalized spacial score (nSPS) is 14.3. The number of anilines is 2. The summed E-state index contributed by atoms with van der Waals surface area (Å²) in [6.07, 6.45) is 2.12. The lowest BCUT2D eigenvalue weighted by Gasteiger charge is -2.21. The Bertz CT molecular complexity index is 1130. The first-order chi connectivity index (χ1) is 15.7. The van der Waals surface area contributed by atoms with Gasteiger partial charge < -0.3 is 10.2 Å². The van der Waals surface area contributed by atoms with Crippen molar-refractivity contribution in [2.45, 2.75) is 64.3 Å². The summed E-state index contributed by atoms with van der Waals surface area (Å²) in [5, 5.41) is 2.90. The predicted octanol–water partition coefficient (Wildman–Crippen LogP) is 3.88. The maximum atomic E-state index is 13.2. The molecule has 178 valence electrons. The lowest BCUT2D eigenvalue weighted by Crippen LogP contribution is -2.44. The minimum absolute atomic E-state index is 0.0171. The van der Waals surface area contributed by atoms with Crippen LogP contribution in [-0.2, 0) is 32.5 Å². The molecule has 1 aliphatic heterocycles. The smallest absolute Gasteiger partial charge is 0.242 e. The Balaban J connectivity index is 1.83. The molecule has 0 fully saturated rings. The number of amides is 2. The Morgan fingerprint density at radius 1 is 1.09 bits per heavy atom. The predicted molar refractivity (Wildman–Crippen MR) is 131 cm³/mol. The molecule has 3 rings (SSSR count). The Morgan fingerprint density at radius 3 is 2.48 bits per heavy atom. The average molecular weight is 472 g/mol. The van der Waals surface area contributed by atoms with E-state index < -0.39 is 16.1 Å². The van der Waals surface area contributed by atoms with Gasteiger partial charge in [-0.1, -0.05) is 45.9 Å². The molecule has 7 nitrogen and oxygen atoms in total. The monoisotopic (exact) mass is 471 g/mol. The molecule has 0 radical (unpaired) electrons. The molecule has 8 heteroatoms. The minimum atomic E-state index is -3.94. The third kappa shape index (κ3) is 5.81. The average Bonchev–Trinajstić information content (AvgIpc) is 3.21. The summed E-state index contributed by atoms with van der Waals surface area (Å²) >= 11 is 0. The van der Waals surface area contributed by atoms with Crippen LogP contribution in [0.2, 0.25) is 0 Å². The number of carbonyl (C=O) groups excluding carboxylic acids is 2. The van der Waals surface area contributed by atoms with Gasteiger partial charge in [0.25, 0.3) is 0 Å². The minimum Gasteiger partial charge on any atom is -0.324 e. The second kappa shape index (κ2) is 10.5. The first-order valence-corrected chi connectivity index (χ1v) is 13.0. The van der Waals surface area contributed by atoms with Crippen LogP contribution in [0.25, 0.3) is 0 Å². The molecule has 0 spiro atoms. The van der Waals surface area contributed by atoms with Crippen molar-refractivity contribution < 1.29 is 18.0 Å². The van der Waals surface area contributed by atoms with Gasteiger partial charge in [-0.3, -0.25) is 9.59 Å². The molecular formula is C25H33N3O4S. The molecule has 2 amide bonds. The quantitative estimate of drug-likeness (QED) is 0.580. The van der Waals surface area contributed by atoms with Crippen LogP contribution in [-0.4, -0.2) is 32.8 Å². The van der Waals surface area contributed by atoms with E-state index in [2.05, 4.69) is 10.0 Å². The number of aryl methyl sites for hydroxylation is 1. The van der Waals surface area contributed by atoms with Crippen LogP contribution in [0, 0.1) is 5.92 Å². The summed E-state index contributed by atoms with van der Waals surface area (Å²) in [4.78, 5) is 27.0. The first kappa shape index (κ1) is 24.9. The number of benzene rings is 2. The SMILES string of the molecule is CCC(=O)N1CCc2cc(S(=O)(=O)NC(CC(C)C)C(=O)Nc3ccccc3CC)ccc21. The van der Waals surface area contributed by atoms with Crippen LogP contribution in [0.15, 0.2) is 47.4 Å². The molecule has 0 aliphatic carbocycles. The number of para-hydroxylation sites is 1. The van der Waals surface area contributed by atoms with Crippen molar-refractivity contribution >= 4 is 33.2 Å². The number of fused-ring (bicyclic) bond motifs is 1. The van der Waals surface area contributed by atoms with Gasteiger partial charge in [0.15, 0.2) is 0 Å². The van der Waals surface area contributed by atoms with E-state index in [1.165, 1.54) is 6.07 Å². The highest BCUT2D eigenvalue weighted by Gasteiger charge is 2.29. The maximum Gasteiger partial charge on any atom is 0.242 e. The van der Waals surface area contributed by atoms with Crippen LogP contribution >= 0.6 is 0 Å². The van der Waals surface area contributed by atoms with Crippen molar-refractivity contribution in [1.82, 2.24) is 4.72 Å². The fourth-order valence-corrected chi connectivity index (χ4v) is 5.36. The molecule has 2 aromatic rings. The van der Waals surface area contributed by atoms with Crippen LogP contribution in [0.1, 0.15) is 51.7 Å². The van der Waals surface area contributed by atoms with Crippen molar-refractivity contribution in [3.63, 3.8) is 0 Å². The van der Waals surface area contributed by atoms with Crippen molar-refractivity contribution in [2.75, 3.05) is 16.8 Å². The molecular weight excluding hydrogens is 438 g/mol. The van der Waals surface area contributed by atoms with Gasteiger partial charge >= 0.3 is 0 Å². The highest BCUT2D eigenvalue weighted by Crippen LogP contribution is 2.31. The Morgan fingerprint density at radius 2 is 1.82 bits per heavy atom. The molecule has 0 saturated heterocycles. The largest absolute Gasteiger partial charge is 0.324 e. The van der Waals surface area contributed by atoms with Crippen LogP contribution < -0.4 is 14.9 Å². The van der Waals surface area contributed by atoms with Crippen LogP contribution in [0.4, 0.5) is 11.4 Å². The lowest BCUT2D eigenvalue weighted by atomic mass is 10.0. The van der Waals surface area contributed by atoms with E-state index in [9.17, 15) is 18.0 Å². The Labute approximate surface area is 196 Å². The van der Waals surface area contributed by atoms with Crippen LogP contribution in [0.5, 0.6) is 0 Å². The lowest BCUT2D eigenvalue weighted by molar-refractivity contribution is -0.118. The summed E-state index contributed by atoms with van der Waals surface area (Å²) in [5.41, 5.74) is 3.26. The van der Waals surface area contributed by atoms with Crippen molar-refractivity contribution in [1.29, 1.82) is 0 Å². The number of hydrogen-bond acceptors (Lipinski definition) is 4. The highest BCUT2D eigenvalue weighted by atomic mass is 32.2. The Kier molecular flexibility index (Phi) is 7.92. The van der Waals surface area contributed by atoms with Crippen molar-refractivity contribution in [3.8, 4) is 0 Å². The molecule has 2 N–H and O–H groups in total. The number of hydrogen-bond donors (Lipinski definition) is 2. The fourth-order valence-electron chi connectivity index (χ4n) is 4.10. The van der Waals surface area contributed by atoms with Gasteiger partial charge in [-0.25, -0.2) is 8.42 Å². The van der Waals surface area contributed by atoms with Crippen molar-refractivity contribution in [2.24, 2.45) is 5.92 Å². The zero-order valence-corrected chi connectivity index (χ0v) is 20.5. The maximum absolute atomic E-state index is 13.2. The number of carbonyl (C=O) groups is 2. The van der Waals surface area contributed by atoms with Gasteiger partial charge in [-0.15, -0.1) is 0 Å². The molecule has 33 heavy (non-hydrogen) atoms. The zero-order valence-electron chi connectivity index (χ0n) is 19.7. The van der Waals surface area contributed by atoms with Gasteiger partial charge in [-0.2, -0.15) is 4.72 Å². The number of sulfonamides is 1. The first-order valence-electron chi connectivity index (χ1n) is 11.5. The second-order valence-corrected chi connectivity index (χ2v) is 10.5. The van der Waals surface area contributed by atoms with E-state index in [1.54, 1.807) is 17.0 Å². The molecule has 0 saturated carbocycles. The van der Waals surface area contributed by atoms with E-state index in [0.717, 1.165) is 23.2 Å².